The van der Waals surface area contributed by atoms with Crippen molar-refractivity contribution in [1.29, 1.82) is 0 Å². The van der Waals surface area contributed by atoms with Crippen LogP contribution in [-0.4, -0.2) is 24.4 Å². The number of primary amides is 1. The molecule has 7 heteroatoms. The molecule has 0 unspecified atom stereocenters. The molecular weight excluding hydrogens is 318 g/mol. The molecule has 1 saturated heterocycles. The third-order valence-electron chi connectivity index (χ3n) is 4.18. The van der Waals surface area contributed by atoms with Crippen molar-refractivity contribution in [3.05, 3.63) is 34.9 Å². The quantitative estimate of drug-likeness (QED) is 0.767. The molecule has 0 spiro atoms. The lowest BCUT2D eigenvalue weighted by molar-refractivity contribution is -0.126. The van der Waals surface area contributed by atoms with Crippen LogP contribution in [0, 0.1) is 0 Å². The molecule has 124 valence electrons. The topological polar surface area (TPSA) is 101 Å². The number of hydrogen-bond donors (Lipinski definition) is 3. The van der Waals surface area contributed by atoms with Gasteiger partial charge in [0.25, 0.3) is 0 Å². The van der Waals surface area contributed by atoms with Crippen LogP contribution in [0.4, 0.5) is 4.79 Å². The average molecular weight is 338 g/mol. The van der Waals surface area contributed by atoms with Gasteiger partial charge in [-0.2, -0.15) is 0 Å². The van der Waals surface area contributed by atoms with Crippen LogP contribution >= 0.6 is 11.6 Å². The van der Waals surface area contributed by atoms with Crippen molar-refractivity contribution in [3.8, 4) is 0 Å². The molecule has 1 aromatic carbocycles. The van der Waals surface area contributed by atoms with Gasteiger partial charge in [-0.15, -0.1) is 0 Å². The number of nitrogens with two attached hydrogens (primary N) is 1. The van der Waals surface area contributed by atoms with Crippen molar-refractivity contribution in [3.63, 3.8) is 0 Å². The molecule has 3 rings (SSSR count). The molecule has 1 aliphatic carbocycles. The second kappa shape index (κ2) is 7.46. The summed E-state index contributed by atoms with van der Waals surface area (Å²) in [6, 6.07) is 7.05. The SMILES string of the molecule is NC(=O)C1(c2cccc(Cl)c2)CCC1.O=C1CCCNC(=O)N1. The van der Waals surface area contributed by atoms with E-state index in [1.165, 1.54) is 0 Å². The number of carbonyl (C=O) groups is 3. The van der Waals surface area contributed by atoms with Gasteiger partial charge in [0.05, 0.1) is 5.41 Å². The van der Waals surface area contributed by atoms with Crippen LogP contribution in [0.3, 0.4) is 0 Å². The molecule has 2 aliphatic rings. The minimum Gasteiger partial charge on any atom is -0.369 e. The summed E-state index contributed by atoms with van der Waals surface area (Å²) in [6.07, 6.45) is 3.94. The molecule has 1 heterocycles. The van der Waals surface area contributed by atoms with Crippen molar-refractivity contribution in [2.24, 2.45) is 5.73 Å². The Bertz CT molecular complexity index is 598. The number of rotatable bonds is 2. The van der Waals surface area contributed by atoms with Crippen molar-refractivity contribution in [2.45, 2.75) is 37.5 Å². The second-order valence-electron chi connectivity index (χ2n) is 5.72. The highest BCUT2D eigenvalue weighted by Crippen LogP contribution is 2.43. The predicted molar refractivity (Wildman–Crippen MR) is 87.0 cm³/mol. The summed E-state index contributed by atoms with van der Waals surface area (Å²) in [5.74, 6) is -0.420. The first-order chi connectivity index (χ1) is 10.9. The first-order valence-electron chi connectivity index (χ1n) is 7.58. The van der Waals surface area contributed by atoms with E-state index in [9.17, 15) is 14.4 Å². The molecule has 0 bridgehead atoms. The van der Waals surface area contributed by atoms with E-state index < -0.39 is 5.41 Å². The summed E-state index contributed by atoms with van der Waals surface area (Å²) >= 11 is 5.88. The third kappa shape index (κ3) is 4.22. The number of hydrogen-bond acceptors (Lipinski definition) is 3. The van der Waals surface area contributed by atoms with Crippen molar-refractivity contribution in [2.75, 3.05) is 6.54 Å². The summed E-state index contributed by atoms with van der Waals surface area (Å²) in [6.45, 7) is 0.595. The van der Waals surface area contributed by atoms with Gasteiger partial charge in [-0.3, -0.25) is 14.9 Å². The molecule has 2 fully saturated rings. The van der Waals surface area contributed by atoms with Crippen molar-refractivity contribution < 1.29 is 14.4 Å². The van der Waals surface area contributed by atoms with Gasteiger partial charge in [0.15, 0.2) is 0 Å². The number of carbonyl (C=O) groups excluding carboxylic acids is 3. The first kappa shape index (κ1) is 17.3. The maximum Gasteiger partial charge on any atom is 0.321 e. The fraction of sp³-hybridized carbons (Fsp3) is 0.438. The van der Waals surface area contributed by atoms with E-state index in [4.69, 9.17) is 17.3 Å². The Morgan fingerprint density at radius 2 is 1.96 bits per heavy atom. The lowest BCUT2D eigenvalue weighted by atomic mass is 9.64. The predicted octanol–water partition coefficient (Wildman–Crippen LogP) is 1.85. The van der Waals surface area contributed by atoms with E-state index >= 15 is 0 Å². The van der Waals surface area contributed by atoms with Crippen LogP contribution in [0.5, 0.6) is 0 Å². The molecule has 0 aromatic heterocycles. The molecule has 1 saturated carbocycles. The Kier molecular flexibility index (Phi) is 5.60. The molecule has 1 aromatic rings. The Morgan fingerprint density at radius 3 is 2.52 bits per heavy atom. The number of nitrogens with one attached hydrogen (secondary N) is 2. The molecule has 0 radical (unpaired) electrons. The van der Waals surface area contributed by atoms with Gasteiger partial charge >= 0.3 is 6.03 Å². The standard InChI is InChI=1S/C11H12ClNO.C5H8N2O2/c12-9-4-1-3-8(7-9)11(10(13)14)5-2-6-11;8-4-2-1-3-6-5(9)7-4/h1,3-4,7H,2,5-6H2,(H2,13,14);1-3H2,(H2,6,7,8,9). The smallest absolute Gasteiger partial charge is 0.321 e. The van der Waals surface area contributed by atoms with Crippen LogP contribution < -0.4 is 16.4 Å². The molecule has 4 amide bonds. The number of imide groups is 1. The van der Waals surface area contributed by atoms with E-state index in [0.29, 0.717) is 18.0 Å². The minimum atomic E-state index is -0.440. The number of benzene rings is 1. The van der Waals surface area contributed by atoms with Crippen LogP contribution in [0.1, 0.15) is 37.7 Å². The third-order valence-corrected chi connectivity index (χ3v) is 4.41. The van der Waals surface area contributed by atoms with Gasteiger partial charge in [-0.1, -0.05) is 30.2 Å². The fourth-order valence-corrected chi connectivity index (χ4v) is 2.87. The van der Waals surface area contributed by atoms with E-state index in [1.54, 1.807) is 6.07 Å². The van der Waals surface area contributed by atoms with Gasteiger partial charge in [-0.05, 0) is 37.0 Å². The van der Waals surface area contributed by atoms with E-state index in [1.807, 2.05) is 18.2 Å². The zero-order valence-electron chi connectivity index (χ0n) is 12.7. The van der Waals surface area contributed by atoms with Crippen LogP contribution in [0.2, 0.25) is 5.02 Å². The second-order valence-corrected chi connectivity index (χ2v) is 6.15. The number of halogens is 1. The summed E-state index contributed by atoms with van der Waals surface area (Å²) in [4.78, 5) is 32.4. The van der Waals surface area contributed by atoms with Crippen molar-refractivity contribution in [1.82, 2.24) is 10.6 Å². The highest BCUT2D eigenvalue weighted by atomic mass is 35.5. The van der Waals surface area contributed by atoms with Crippen LogP contribution in [0.25, 0.3) is 0 Å². The van der Waals surface area contributed by atoms with Gasteiger partial charge in [0, 0.05) is 18.0 Å². The molecule has 6 nitrogen and oxygen atoms in total. The zero-order valence-corrected chi connectivity index (χ0v) is 13.5. The maximum absolute atomic E-state index is 11.4. The molecule has 0 atom stereocenters. The maximum atomic E-state index is 11.4. The average Bonchev–Trinajstić information content (AvgIpc) is 2.61. The van der Waals surface area contributed by atoms with Crippen molar-refractivity contribution >= 4 is 29.4 Å². The summed E-state index contributed by atoms with van der Waals surface area (Å²) in [5, 5.41) is 5.32. The largest absolute Gasteiger partial charge is 0.369 e. The Morgan fingerprint density at radius 1 is 1.22 bits per heavy atom. The van der Waals surface area contributed by atoms with E-state index in [0.717, 1.165) is 31.2 Å². The van der Waals surface area contributed by atoms with Gasteiger partial charge in [0.1, 0.15) is 0 Å². The first-order valence-corrected chi connectivity index (χ1v) is 7.95. The van der Waals surface area contributed by atoms with E-state index in [2.05, 4.69) is 10.6 Å². The van der Waals surface area contributed by atoms with Crippen LogP contribution in [-0.2, 0) is 15.0 Å². The zero-order chi connectivity index (χ0) is 16.9. The summed E-state index contributed by atoms with van der Waals surface area (Å²) in [7, 11) is 0. The highest BCUT2D eigenvalue weighted by Gasteiger charge is 2.44. The summed E-state index contributed by atoms with van der Waals surface area (Å²) < 4.78 is 0. The molecular formula is C16H20ClN3O3. The minimum absolute atomic E-state index is 0.190. The van der Waals surface area contributed by atoms with Gasteiger partial charge in [0.2, 0.25) is 11.8 Å². The monoisotopic (exact) mass is 337 g/mol. The highest BCUT2D eigenvalue weighted by molar-refractivity contribution is 6.30. The van der Waals surface area contributed by atoms with Crippen LogP contribution in [0.15, 0.2) is 24.3 Å². The number of urea groups is 1. The van der Waals surface area contributed by atoms with Gasteiger partial charge in [-0.25, -0.2) is 4.79 Å². The Hall–Kier alpha value is -2.08. The lowest BCUT2D eigenvalue weighted by Gasteiger charge is -2.39. The number of amides is 4. The molecule has 1 aliphatic heterocycles. The molecule has 23 heavy (non-hydrogen) atoms. The Labute approximate surface area is 139 Å². The lowest BCUT2D eigenvalue weighted by Crippen LogP contribution is -2.46. The molecule has 4 N–H and O–H groups in total. The summed E-state index contributed by atoms with van der Waals surface area (Å²) in [5.41, 5.74) is 5.96. The van der Waals surface area contributed by atoms with E-state index in [-0.39, 0.29) is 17.8 Å². The van der Waals surface area contributed by atoms with Gasteiger partial charge < -0.3 is 11.1 Å². The Balaban J connectivity index is 0.000000185. The fourth-order valence-electron chi connectivity index (χ4n) is 2.68. The normalized spacial score (nSPS) is 19.2.